The quantitative estimate of drug-likeness (QED) is 0.789. The summed E-state index contributed by atoms with van der Waals surface area (Å²) in [5, 5.41) is 18.8. The number of phenolic OH excluding ortho intramolecular Hbond substituents is 1. The van der Waals surface area contributed by atoms with Gasteiger partial charge in [-0.1, -0.05) is 18.2 Å². The number of hydrogen-bond donors (Lipinski definition) is 3. The molecular weight excluding hydrogens is 259 g/mol. The van der Waals surface area contributed by atoms with Crippen LogP contribution in [0, 0.1) is 0 Å². The molecule has 0 saturated carbocycles. The molecule has 0 unspecified atom stereocenters. The largest absolute Gasteiger partial charge is 0.508 e. The maximum Gasteiger partial charge on any atom is 0.403 e. The van der Waals surface area contributed by atoms with Crippen molar-refractivity contribution in [2.45, 2.75) is 24.7 Å². The van der Waals surface area contributed by atoms with Crippen molar-refractivity contribution in [3.8, 4) is 5.75 Å². The van der Waals surface area contributed by atoms with E-state index in [9.17, 15) is 23.4 Å². The summed E-state index contributed by atoms with van der Waals surface area (Å²) in [5.74, 6) is -0.246. The smallest absolute Gasteiger partial charge is 0.403 e. The minimum absolute atomic E-state index is 0. The fraction of sp³-hybridized carbons (Fsp3) is 0.400. The Morgan fingerprint density at radius 1 is 1.24 bits per heavy atom. The molecule has 0 bridgehead atoms. The van der Waals surface area contributed by atoms with Gasteiger partial charge in [-0.3, -0.25) is 0 Å². The van der Waals surface area contributed by atoms with E-state index in [1.165, 1.54) is 24.3 Å². The lowest BCUT2D eigenvalue weighted by atomic mass is 10.0. The summed E-state index contributed by atoms with van der Waals surface area (Å²) in [6.45, 7) is 0. The average molecular weight is 272 g/mol. The summed E-state index contributed by atoms with van der Waals surface area (Å²) in [5.41, 5.74) is 4.92. The van der Waals surface area contributed by atoms with Crippen LogP contribution in [-0.4, -0.2) is 22.4 Å². The Kier molecular flexibility index (Phi) is 5.74. The second kappa shape index (κ2) is 6.09. The molecule has 0 aliphatic carbocycles. The van der Waals surface area contributed by atoms with Crippen LogP contribution in [-0.2, 0) is 0 Å². The minimum atomic E-state index is -4.55. The molecule has 17 heavy (non-hydrogen) atoms. The first kappa shape index (κ1) is 16.0. The Labute approximate surface area is 102 Å². The molecule has 0 aliphatic heterocycles. The fourth-order valence-electron chi connectivity index (χ4n) is 1.27. The molecule has 1 aromatic carbocycles. The standard InChI is InChI=1S/C10H12F3NO2.ClH/c11-10(12,13)9(14)5-8(16)6-3-1-2-4-7(6)15;/h1-4,8-9,15-16H,5,14H2;1H/t8-,9-;/m1./s1. The maximum absolute atomic E-state index is 12.1. The van der Waals surface area contributed by atoms with E-state index in [1.807, 2.05) is 0 Å². The van der Waals surface area contributed by atoms with Crippen molar-refractivity contribution in [1.82, 2.24) is 0 Å². The Hall–Kier alpha value is -0.980. The Morgan fingerprint density at radius 3 is 2.24 bits per heavy atom. The van der Waals surface area contributed by atoms with E-state index in [-0.39, 0.29) is 23.7 Å². The first-order valence-corrected chi connectivity index (χ1v) is 4.60. The van der Waals surface area contributed by atoms with E-state index in [1.54, 1.807) is 0 Å². The number of hydrogen-bond acceptors (Lipinski definition) is 3. The summed E-state index contributed by atoms with van der Waals surface area (Å²) in [6, 6.07) is 3.55. The number of benzene rings is 1. The molecule has 7 heteroatoms. The first-order chi connectivity index (χ1) is 7.32. The third kappa shape index (κ3) is 4.41. The van der Waals surface area contributed by atoms with E-state index in [2.05, 4.69) is 0 Å². The molecule has 0 radical (unpaired) electrons. The number of rotatable bonds is 3. The third-order valence-corrected chi connectivity index (χ3v) is 2.19. The van der Waals surface area contributed by atoms with Gasteiger partial charge in [0.05, 0.1) is 6.10 Å². The van der Waals surface area contributed by atoms with Crippen molar-refractivity contribution >= 4 is 12.4 Å². The molecular formula is C10H13ClF3NO2. The summed E-state index contributed by atoms with van der Waals surface area (Å²) in [6.07, 6.45) is -6.66. The molecule has 0 heterocycles. The number of halogens is 4. The van der Waals surface area contributed by atoms with Crippen molar-refractivity contribution < 1.29 is 23.4 Å². The predicted molar refractivity (Wildman–Crippen MR) is 59.0 cm³/mol. The molecule has 0 aromatic heterocycles. The number of aliphatic hydroxyl groups is 1. The lowest BCUT2D eigenvalue weighted by molar-refractivity contribution is -0.153. The summed E-state index contributed by atoms with van der Waals surface area (Å²) in [4.78, 5) is 0. The van der Waals surface area contributed by atoms with Gasteiger partial charge in [0.2, 0.25) is 0 Å². The summed E-state index contributed by atoms with van der Waals surface area (Å²) < 4.78 is 36.4. The molecule has 0 saturated heterocycles. The molecule has 0 fully saturated rings. The van der Waals surface area contributed by atoms with Crippen molar-refractivity contribution in [2.24, 2.45) is 5.73 Å². The highest BCUT2D eigenvalue weighted by Crippen LogP contribution is 2.30. The maximum atomic E-state index is 12.1. The number of phenols is 1. The zero-order valence-corrected chi connectivity index (χ0v) is 9.50. The molecule has 1 rings (SSSR count). The van der Waals surface area contributed by atoms with Crippen LogP contribution in [0.1, 0.15) is 18.1 Å². The van der Waals surface area contributed by atoms with Crippen LogP contribution in [0.15, 0.2) is 24.3 Å². The Morgan fingerprint density at radius 2 is 1.76 bits per heavy atom. The van der Waals surface area contributed by atoms with E-state index in [4.69, 9.17) is 5.73 Å². The molecule has 2 atom stereocenters. The molecule has 4 N–H and O–H groups in total. The highest BCUT2D eigenvalue weighted by molar-refractivity contribution is 5.85. The minimum Gasteiger partial charge on any atom is -0.508 e. The third-order valence-electron chi connectivity index (χ3n) is 2.19. The Balaban J connectivity index is 0.00000256. The van der Waals surface area contributed by atoms with Gasteiger partial charge in [-0.05, 0) is 6.07 Å². The van der Waals surface area contributed by atoms with Gasteiger partial charge < -0.3 is 15.9 Å². The van der Waals surface area contributed by atoms with Crippen LogP contribution in [0.3, 0.4) is 0 Å². The zero-order chi connectivity index (χ0) is 12.3. The molecule has 0 spiro atoms. The van der Waals surface area contributed by atoms with Crippen LogP contribution in [0.5, 0.6) is 5.75 Å². The number of aromatic hydroxyl groups is 1. The molecule has 1 aromatic rings. The topological polar surface area (TPSA) is 66.5 Å². The van der Waals surface area contributed by atoms with Crippen LogP contribution in [0.25, 0.3) is 0 Å². The van der Waals surface area contributed by atoms with Crippen molar-refractivity contribution in [3.05, 3.63) is 29.8 Å². The van der Waals surface area contributed by atoms with Crippen molar-refractivity contribution in [2.75, 3.05) is 0 Å². The molecule has 0 aliphatic rings. The first-order valence-electron chi connectivity index (χ1n) is 4.60. The highest BCUT2D eigenvalue weighted by Gasteiger charge is 2.38. The van der Waals surface area contributed by atoms with Crippen molar-refractivity contribution in [3.63, 3.8) is 0 Å². The zero-order valence-electron chi connectivity index (χ0n) is 8.69. The Bertz CT molecular complexity index is 360. The van der Waals surface area contributed by atoms with Crippen molar-refractivity contribution in [1.29, 1.82) is 0 Å². The second-order valence-corrected chi connectivity index (χ2v) is 3.46. The highest BCUT2D eigenvalue weighted by atomic mass is 35.5. The molecule has 0 amide bonds. The van der Waals surface area contributed by atoms with Gasteiger partial charge >= 0.3 is 6.18 Å². The van der Waals surface area contributed by atoms with Gasteiger partial charge in [0.25, 0.3) is 0 Å². The van der Waals surface area contributed by atoms with Gasteiger partial charge in [-0.25, -0.2) is 0 Å². The number of aliphatic hydroxyl groups excluding tert-OH is 1. The van der Waals surface area contributed by atoms with E-state index in [0.717, 1.165) is 0 Å². The fourth-order valence-corrected chi connectivity index (χ4v) is 1.27. The lowest BCUT2D eigenvalue weighted by Gasteiger charge is -2.19. The van der Waals surface area contributed by atoms with E-state index < -0.39 is 24.7 Å². The lowest BCUT2D eigenvalue weighted by Crippen LogP contribution is -2.38. The SMILES string of the molecule is Cl.N[C@H](C[C@@H](O)c1ccccc1O)C(F)(F)F. The van der Waals surface area contributed by atoms with Crippen LogP contribution < -0.4 is 5.73 Å². The normalized spacial score (nSPS) is 14.9. The van der Waals surface area contributed by atoms with Gasteiger partial charge in [-0.15, -0.1) is 12.4 Å². The monoisotopic (exact) mass is 271 g/mol. The van der Waals surface area contributed by atoms with Crippen LogP contribution >= 0.6 is 12.4 Å². The molecule has 3 nitrogen and oxygen atoms in total. The number of para-hydroxylation sites is 1. The van der Waals surface area contributed by atoms with Gasteiger partial charge in [-0.2, -0.15) is 13.2 Å². The van der Waals surface area contributed by atoms with Gasteiger partial charge in [0, 0.05) is 12.0 Å². The van der Waals surface area contributed by atoms with Gasteiger partial charge in [0.15, 0.2) is 0 Å². The molecule has 98 valence electrons. The predicted octanol–water partition coefficient (Wildman–Crippen LogP) is 2.13. The summed E-state index contributed by atoms with van der Waals surface area (Å²) in [7, 11) is 0. The van der Waals surface area contributed by atoms with Gasteiger partial charge in [0.1, 0.15) is 11.8 Å². The number of nitrogens with two attached hydrogens (primary N) is 1. The van der Waals surface area contributed by atoms with E-state index in [0.29, 0.717) is 0 Å². The average Bonchev–Trinajstić information content (AvgIpc) is 2.16. The van der Waals surface area contributed by atoms with Crippen LogP contribution in [0.4, 0.5) is 13.2 Å². The van der Waals surface area contributed by atoms with Crippen LogP contribution in [0.2, 0.25) is 0 Å². The second-order valence-electron chi connectivity index (χ2n) is 3.46. The summed E-state index contributed by atoms with van der Waals surface area (Å²) >= 11 is 0. The number of alkyl halides is 3. The van der Waals surface area contributed by atoms with E-state index >= 15 is 0 Å².